The van der Waals surface area contributed by atoms with Crippen molar-refractivity contribution in [3.63, 3.8) is 0 Å². The SMILES string of the molecule is CC(C)C(C(=O)N1CC2(CC2)C[C@H]1C(C)C)C1(C)CCOCC1. The van der Waals surface area contributed by atoms with Crippen LogP contribution in [0.1, 0.15) is 66.7 Å². The Morgan fingerprint density at radius 3 is 2.17 bits per heavy atom. The molecule has 1 unspecified atom stereocenters. The van der Waals surface area contributed by atoms with Crippen LogP contribution in [0.3, 0.4) is 0 Å². The summed E-state index contributed by atoms with van der Waals surface area (Å²) in [5, 5.41) is 0. The minimum Gasteiger partial charge on any atom is -0.381 e. The highest BCUT2D eigenvalue weighted by Crippen LogP contribution is 2.56. The normalized spacial score (nSPS) is 30.2. The van der Waals surface area contributed by atoms with E-state index < -0.39 is 0 Å². The van der Waals surface area contributed by atoms with Gasteiger partial charge in [0.25, 0.3) is 0 Å². The van der Waals surface area contributed by atoms with Crippen LogP contribution >= 0.6 is 0 Å². The molecule has 0 bridgehead atoms. The van der Waals surface area contributed by atoms with Gasteiger partial charge >= 0.3 is 0 Å². The molecule has 2 atom stereocenters. The number of carbonyl (C=O) groups excluding carboxylic acids is 1. The second kappa shape index (κ2) is 6.06. The third kappa shape index (κ3) is 3.18. The summed E-state index contributed by atoms with van der Waals surface area (Å²) in [7, 11) is 0. The van der Waals surface area contributed by atoms with Gasteiger partial charge in [0.15, 0.2) is 0 Å². The molecular formula is C20H35NO2. The van der Waals surface area contributed by atoms with Crippen molar-refractivity contribution in [3.8, 4) is 0 Å². The molecule has 1 amide bonds. The molecule has 3 aliphatic rings. The fraction of sp³-hybridized carbons (Fsp3) is 0.950. The first-order valence-corrected chi connectivity index (χ1v) is 9.66. The number of likely N-dealkylation sites (tertiary alicyclic amines) is 1. The number of ether oxygens (including phenoxy) is 1. The minimum atomic E-state index is 0.102. The van der Waals surface area contributed by atoms with E-state index in [1.165, 1.54) is 19.3 Å². The van der Waals surface area contributed by atoms with Crippen LogP contribution in [-0.2, 0) is 9.53 Å². The third-order valence-corrected chi connectivity index (χ3v) is 6.88. The lowest BCUT2D eigenvalue weighted by molar-refractivity contribution is -0.147. The molecule has 3 fully saturated rings. The van der Waals surface area contributed by atoms with Crippen LogP contribution in [0.15, 0.2) is 0 Å². The maximum atomic E-state index is 13.6. The van der Waals surface area contributed by atoms with E-state index in [0.717, 1.165) is 32.6 Å². The Morgan fingerprint density at radius 2 is 1.70 bits per heavy atom. The molecule has 1 saturated carbocycles. The zero-order chi connectivity index (χ0) is 16.8. The Hall–Kier alpha value is -0.570. The Kier molecular flexibility index (Phi) is 4.54. The number of nitrogens with zero attached hydrogens (tertiary/aromatic N) is 1. The van der Waals surface area contributed by atoms with Crippen LogP contribution in [0, 0.1) is 28.6 Å². The van der Waals surface area contributed by atoms with E-state index in [-0.39, 0.29) is 11.3 Å². The molecule has 2 saturated heterocycles. The van der Waals surface area contributed by atoms with E-state index >= 15 is 0 Å². The largest absolute Gasteiger partial charge is 0.381 e. The summed E-state index contributed by atoms with van der Waals surface area (Å²) in [6, 6.07) is 0.453. The van der Waals surface area contributed by atoms with Crippen LogP contribution in [0.2, 0.25) is 0 Å². The van der Waals surface area contributed by atoms with Crippen molar-refractivity contribution in [1.82, 2.24) is 4.90 Å². The van der Waals surface area contributed by atoms with Crippen molar-refractivity contribution in [3.05, 3.63) is 0 Å². The number of amides is 1. The smallest absolute Gasteiger partial charge is 0.226 e. The van der Waals surface area contributed by atoms with E-state index in [9.17, 15) is 4.79 Å². The predicted octanol–water partition coefficient (Wildman–Crippen LogP) is 4.11. The molecule has 0 aromatic rings. The molecule has 1 aliphatic carbocycles. The molecule has 0 radical (unpaired) electrons. The van der Waals surface area contributed by atoms with Gasteiger partial charge in [-0.25, -0.2) is 0 Å². The van der Waals surface area contributed by atoms with Gasteiger partial charge in [-0.2, -0.15) is 0 Å². The molecule has 23 heavy (non-hydrogen) atoms. The fourth-order valence-electron chi connectivity index (χ4n) is 5.19. The molecule has 3 rings (SSSR count). The van der Waals surface area contributed by atoms with Gasteiger partial charge in [-0.15, -0.1) is 0 Å². The van der Waals surface area contributed by atoms with Crippen LogP contribution in [0.25, 0.3) is 0 Å². The monoisotopic (exact) mass is 321 g/mol. The van der Waals surface area contributed by atoms with Crippen molar-refractivity contribution in [2.24, 2.45) is 28.6 Å². The third-order valence-electron chi connectivity index (χ3n) is 6.88. The average Bonchev–Trinajstić information content (AvgIpc) is 3.09. The van der Waals surface area contributed by atoms with Gasteiger partial charge in [0.05, 0.1) is 0 Å². The first kappa shape index (κ1) is 17.3. The quantitative estimate of drug-likeness (QED) is 0.780. The maximum Gasteiger partial charge on any atom is 0.226 e. The summed E-state index contributed by atoms with van der Waals surface area (Å²) in [6.07, 6.45) is 5.94. The van der Waals surface area contributed by atoms with Gasteiger partial charge in [0.1, 0.15) is 0 Å². The van der Waals surface area contributed by atoms with Gasteiger partial charge in [0, 0.05) is 31.7 Å². The summed E-state index contributed by atoms with van der Waals surface area (Å²) >= 11 is 0. The van der Waals surface area contributed by atoms with Gasteiger partial charge < -0.3 is 9.64 Å². The summed E-state index contributed by atoms with van der Waals surface area (Å²) < 4.78 is 5.58. The minimum absolute atomic E-state index is 0.102. The molecule has 0 N–H and O–H groups in total. The maximum absolute atomic E-state index is 13.6. The van der Waals surface area contributed by atoms with Crippen molar-refractivity contribution >= 4 is 5.91 Å². The van der Waals surface area contributed by atoms with Crippen molar-refractivity contribution < 1.29 is 9.53 Å². The second-order valence-electron chi connectivity index (χ2n) is 9.47. The van der Waals surface area contributed by atoms with E-state index in [2.05, 4.69) is 39.5 Å². The molecule has 132 valence electrons. The first-order chi connectivity index (χ1) is 10.8. The first-order valence-electron chi connectivity index (χ1n) is 9.66. The van der Waals surface area contributed by atoms with E-state index in [1.807, 2.05) is 0 Å². The van der Waals surface area contributed by atoms with E-state index in [0.29, 0.717) is 29.2 Å². The highest BCUT2D eigenvalue weighted by molar-refractivity contribution is 5.81. The lowest BCUT2D eigenvalue weighted by atomic mass is 9.66. The zero-order valence-electron chi connectivity index (χ0n) is 15.7. The molecular weight excluding hydrogens is 286 g/mol. The molecule has 2 aliphatic heterocycles. The molecule has 0 aromatic heterocycles. The predicted molar refractivity (Wildman–Crippen MR) is 93.1 cm³/mol. The van der Waals surface area contributed by atoms with Gasteiger partial charge in [0.2, 0.25) is 5.91 Å². The van der Waals surface area contributed by atoms with Crippen molar-refractivity contribution in [1.29, 1.82) is 0 Å². The highest BCUT2D eigenvalue weighted by Gasteiger charge is 2.55. The number of hydrogen-bond acceptors (Lipinski definition) is 2. The van der Waals surface area contributed by atoms with E-state index in [1.54, 1.807) is 0 Å². The van der Waals surface area contributed by atoms with Crippen LogP contribution in [-0.4, -0.2) is 36.6 Å². The standard InChI is InChI=1S/C20H35NO2/c1-14(2)16-12-20(6-7-20)13-21(16)18(22)17(15(3)4)19(5)8-10-23-11-9-19/h14-17H,6-13H2,1-5H3/t16-,17?/m0/s1. The van der Waals surface area contributed by atoms with Gasteiger partial charge in [-0.3, -0.25) is 4.79 Å². The molecule has 3 heteroatoms. The number of rotatable bonds is 4. The van der Waals surface area contributed by atoms with Crippen molar-refractivity contribution in [2.45, 2.75) is 72.8 Å². The number of carbonyl (C=O) groups is 1. The zero-order valence-corrected chi connectivity index (χ0v) is 15.7. The lowest BCUT2D eigenvalue weighted by Crippen LogP contribution is -2.50. The second-order valence-corrected chi connectivity index (χ2v) is 9.47. The topological polar surface area (TPSA) is 29.5 Å². The van der Waals surface area contributed by atoms with E-state index in [4.69, 9.17) is 4.74 Å². The van der Waals surface area contributed by atoms with Crippen LogP contribution in [0.5, 0.6) is 0 Å². The molecule has 1 spiro atoms. The Morgan fingerprint density at radius 1 is 1.09 bits per heavy atom. The Labute approximate surface area is 142 Å². The summed E-state index contributed by atoms with van der Waals surface area (Å²) in [4.78, 5) is 15.9. The molecule has 2 heterocycles. The molecule has 0 aromatic carbocycles. The summed E-state index contributed by atoms with van der Waals surface area (Å²) in [5.41, 5.74) is 0.590. The fourth-order valence-corrected chi connectivity index (χ4v) is 5.19. The Bertz CT molecular complexity index is 447. The lowest BCUT2D eigenvalue weighted by Gasteiger charge is -2.44. The van der Waals surface area contributed by atoms with Crippen LogP contribution in [0.4, 0.5) is 0 Å². The van der Waals surface area contributed by atoms with Gasteiger partial charge in [-0.05, 0) is 54.8 Å². The number of hydrogen-bond donors (Lipinski definition) is 0. The molecule has 3 nitrogen and oxygen atoms in total. The summed E-state index contributed by atoms with van der Waals surface area (Å²) in [5.74, 6) is 1.54. The van der Waals surface area contributed by atoms with Gasteiger partial charge in [-0.1, -0.05) is 34.6 Å². The summed E-state index contributed by atoms with van der Waals surface area (Å²) in [6.45, 7) is 14.0. The van der Waals surface area contributed by atoms with Crippen LogP contribution < -0.4 is 0 Å². The Balaban J connectivity index is 1.83. The highest BCUT2D eigenvalue weighted by atomic mass is 16.5. The van der Waals surface area contributed by atoms with Crippen molar-refractivity contribution in [2.75, 3.05) is 19.8 Å². The average molecular weight is 322 g/mol.